The van der Waals surface area contributed by atoms with Crippen LogP contribution in [0.1, 0.15) is 31.4 Å². The summed E-state index contributed by atoms with van der Waals surface area (Å²) in [6.07, 6.45) is 0.916. The number of amides is 3. The third kappa shape index (κ3) is 8.93. The van der Waals surface area contributed by atoms with Crippen molar-refractivity contribution in [2.24, 2.45) is 16.3 Å². The highest BCUT2D eigenvalue weighted by molar-refractivity contribution is 6.13. The summed E-state index contributed by atoms with van der Waals surface area (Å²) in [5.74, 6) is -0.892. The number of hydrogen-bond acceptors (Lipinski definition) is 8. The molecule has 0 aliphatic carbocycles. The minimum Gasteiger partial charge on any atom is -0.400 e. The maximum Gasteiger partial charge on any atom is 0.256 e. The molecule has 2 unspecified atom stereocenters. The summed E-state index contributed by atoms with van der Waals surface area (Å²) in [5, 5.41) is 15.7. The van der Waals surface area contributed by atoms with E-state index in [0.29, 0.717) is 26.0 Å². The Kier molecular flexibility index (Phi) is 13.3. The standard InChI is InChI=1S/C28H35N5O4.C2H6O.CH4O/c1-27(2,29)25(35)30-22(18-37-17-21-12-8-5-9-13-21)24(34)33-15-14-23-28(19-33,26(36)32(3)31-23)16-20-10-6-4-7-11-20;1-3-2;1-2/h4-13,22H,14-19,29H2,1-3H3,(H,30,35);1-2H3;2H,1H3. The molecular formula is C31H45N5O6. The predicted molar refractivity (Wildman–Crippen MR) is 161 cm³/mol. The van der Waals surface area contributed by atoms with Crippen LogP contribution in [-0.2, 0) is 36.9 Å². The average molecular weight is 584 g/mol. The van der Waals surface area contributed by atoms with Crippen LogP contribution in [0.3, 0.4) is 0 Å². The monoisotopic (exact) mass is 583 g/mol. The number of ether oxygens (including phenoxy) is 2. The van der Waals surface area contributed by atoms with E-state index in [-0.39, 0.29) is 25.0 Å². The van der Waals surface area contributed by atoms with Gasteiger partial charge in [-0.15, -0.1) is 0 Å². The first kappa shape index (κ1) is 34.6. The summed E-state index contributed by atoms with van der Waals surface area (Å²) in [6, 6.07) is 18.4. The highest BCUT2D eigenvalue weighted by Gasteiger charge is 2.54. The molecule has 0 aromatic heterocycles. The normalized spacial score (nSPS) is 18.5. The van der Waals surface area contributed by atoms with E-state index in [0.717, 1.165) is 23.9 Å². The molecule has 2 aromatic rings. The molecule has 2 aromatic carbocycles. The molecule has 2 aliphatic heterocycles. The summed E-state index contributed by atoms with van der Waals surface area (Å²) in [4.78, 5) is 41.6. The lowest BCUT2D eigenvalue weighted by molar-refractivity contribution is -0.143. The second kappa shape index (κ2) is 16.1. The van der Waals surface area contributed by atoms with Crippen molar-refractivity contribution >= 4 is 23.4 Å². The highest BCUT2D eigenvalue weighted by atomic mass is 16.5. The molecule has 0 bridgehead atoms. The van der Waals surface area contributed by atoms with Gasteiger partial charge in [0.05, 0.1) is 24.5 Å². The van der Waals surface area contributed by atoms with Crippen molar-refractivity contribution in [2.75, 3.05) is 48.1 Å². The van der Waals surface area contributed by atoms with Gasteiger partial charge in [-0.05, 0) is 31.4 Å². The average Bonchev–Trinajstić information content (AvgIpc) is 3.22. The zero-order chi connectivity index (χ0) is 31.3. The van der Waals surface area contributed by atoms with Crippen molar-refractivity contribution in [1.82, 2.24) is 15.2 Å². The number of methoxy groups -OCH3 is 1. The third-order valence-corrected chi connectivity index (χ3v) is 6.85. The SMILES string of the molecule is CN1N=C2CCN(C(=O)C(COCc3ccccc3)NC(=O)C(C)(C)N)CC2(Cc2ccccc2)C1=O.CO.COC. The lowest BCUT2D eigenvalue weighted by Gasteiger charge is -2.40. The Morgan fingerprint density at radius 1 is 1.07 bits per heavy atom. The minimum atomic E-state index is -1.17. The Morgan fingerprint density at radius 2 is 1.62 bits per heavy atom. The van der Waals surface area contributed by atoms with Crippen LogP contribution in [0.25, 0.3) is 0 Å². The van der Waals surface area contributed by atoms with E-state index in [4.69, 9.17) is 15.6 Å². The molecule has 2 heterocycles. The molecule has 3 amide bonds. The number of nitrogens with two attached hydrogens (primary N) is 1. The van der Waals surface area contributed by atoms with Crippen LogP contribution in [0.15, 0.2) is 65.8 Å². The first-order valence-corrected chi connectivity index (χ1v) is 13.8. The fourth-order valence-electron chi connectivity index (χ4n) is 4.82. The van der Waals surface area contributed by atoms with Crippen molar-refractivity contribution < 1.29 is 29.0 Å². The van der Waals surface area contributed by atoms with Crippen molar-refractivity contribution in [3.63, 3.8) is 0 Å². The van der Waals surface area contributed by atoms with Crippen LogP contribution >= 0.6 is 0 Å². The largest absolute Gasteiger partial charge is 0.400 e. The molecule has 0 saturated carbocycles. The van der Waals surface area contributed by atoms with Gasteiger partial charge in [-0.3, -0.25) is 14.4 Å². The number of nitrogens with one attached hydrogen (secondary N) is 1. The van der Waals surface area contributed by atoms with Gasteiger partial charge in [-0.2, -0.15) is 5.10 Å². The number of carbonyl (C=O) groups is 3. The molecule has 42 heavy (non-hydrogen) atoms. The molecule has 11 nitrogen and oxygen atoms in total. The number of piperidine rings is 1. The van der Waals surface area contributed by atoms with Crippen molar-refractivity contribution in [2.45, 2.75) is 44.9 Å². The Hall–Kier alpha value is -3.64. The number of aliphatic hydroxyl groups excluding tert-OH is 1. The van der Waals surface area contributed by atoms with Crippen molar-refractivity contribution in [3.05, 3.63) is 71.8 Å². The fourth-order valence-corrected chi connectivity index (χ4v) is 4.82. The van der Waals surface area contributed by atoms with Gasteiger partial charge in [0.15, 0.2) is 0 Å². The van der Waals surface area contributed by atoms with Gasteiger partial charge >= 0.3 is 0 Å². The Balaban J connectivity index is 0.00000116. The van der Waals surface area contributed by atoms with E-state index in [1.54, 1.807) is 40.0 Å². The molecule has 0 radical (unpaired) electrons. The van der Waals surface area contributed by atoms with Crippen molar-refractivity contribution in [1.29, 1.82) is 0 Å². The lowest BCUT2D eigenvalue weighted by atomic mass is 9.73. The summed E-state index contributed by atoms with van der Waals surface area (Å²) >= 11 is 0. The molecule has 230 valence electrons. The van der Waals surface area contributed by atoms with Crippen molar-refractivity contribution in [3.8, 4) is 0 Å². The van der Waals surface area contributed by atoms with E-state index >= 15 is 0 Å². The van der Waals surface area contributed by atoms with Gasteiger partial charge in [0.2, 0.25) is 11.8 Å². The zero-order valence-corrected chi connectivity index (χ0v) is 25.5. The second-order valence-electron chi connectivity index (χ2n) is 10.8. The van der Waals surface area contributed by atoms with E-state index < -0.39 is 22.9 Å². The van der Waals surface area contributed by atoms with Gasteiger partial charge in [0.25, 0.3) is 5.91 Å². The number of benzene rings is 2. The Morgan fingerprint density at radius 3 is 2.17 bits per heavy atom. The third-order valence-electron chi connectivity index (χ3n) is 6.85. The van der Waals surface area contributed by atoms with E-state index in [1.165, 1.54) is 5.01 Å². The van der Waals surface area contributed by atoms with E-state index in [2.05, 4.69) is 15.2 Å². The number of aliphatic hydroxyl groups is 1. The number of carbonyl (C=O) groups excluding carboxylic acids is 3. The molecule has 4 N–H and O–H groups in total. The predicted octanol–water partition coefficient (Wildman–Crippen LogP) is 1.59. The topological polar surface area (TPSA) is 147 Å². The fraction of sp³-hybridized carbons (Fsp3) is 0.484. The van der Waals surface area contributed by atoms with Crippen LogP contribution in [0, 0.1) is 5.41 Å². The van der Waals surface area contributed by atoms with E-state index in [1.807, 2.05) is 60.7 Å². The van der Waals surface area contributed by atoms with Gasteiger partial charge in [-0.25, -0.2) is 5.01 Å². The van der Waals surface area contributed by atoms with Crippen LogP contribution in [-0.4, -0.2) is 98.1 Å². The van der Waals surface area contributed by atoms with Gasteiger partial charge < -0.3 is 30.5 Å². The summed E-state index contributed by atoms with van der Waals surface area (Å²) in [5.41, 5.74) is 6.63. The van der Waals surface area contributed by atoms with Gasteiger partial charge in [0.1, 0.15) is 11.5 Å². The summed E-state index contributed by atoms with van der Waals surface area (Å²) in [7, 11) is 5.90. The van der Waals surface area contributed by atoms with Crippen LogP contribution in [0.4, 0.5) is 0 Å². The maximum atomic E-state index is 13.8. The summed E-state index contributed by atoms with van der Waals surface area (Å²) in [6.45, 7) is 4.02. The molecule has 2 atom stereocenters. The number of hydrazone groups is 1. The van der Waals surface area contributed by atoms with Crippen LogP contribution < -0.4 is 11.1 Å². The molecule has 11 heteroatoms. The number of fused-ring (bicyclic) bond motifs is 1. The summed E-state index contributed by atoms with van der Waals surface area (Å²) < 4.78 is 10.1. The molecule has 1 saturated heterocycles. The second-order valence-corrected chi connectivity index (χ2v) is 10.8. The van der Waals surface area contributed by atoms with Crippen LogP contribution in [0.2, 0.25) is 0 Å². The van der Waals surface area contributed by atoms with Gasteiger partial charge in [0, 0.05) is 47.9 Å². The molecule has 1 fully saturated rings. The number of likely N-dealkylation sites (tertiary alicyclic amines) is 1. The van der Waals surface area contributed by atoms with Crippen LogP contribution in [0.5, 0.6) is 0 Å². The molecular weight excluding hydrogens is 538 g/mol. The zero-order valence-electron chi connectivity index (χ0n) is 25.5. The first-order valence-electron chi connectivity index (χ1n) is 13.8. The van der Waals surface area contributed by atoms with Gasteiger partial charge in [-0.1, -0.05) is 60.7 Å². The lowest BCUT2D eigenvalue weighted by Crippen LogP contribution is -2.61. The molecule has 2 aliphatic rings. The quantitative estimate of drug-likeness (QED) is 0.406. The first-order chi connectivity index (χ1) is 20.0. The number of hydrogen-bond donors (Lipinski definition) is 3. The highest BCUT2D eigenvalue weighted by Crippen LogP contribution is 2.38. The maximum absolute atomic E-state index is 13.8. The number of nitrogens with zero attached hydrogens (tertiary/aromatic N) is 3. The molecule has 4 rings (SSSR count). The Bertz CT molecular complexity index is 1190. The smallest absolute Gasteiger partial charge is 0.256 e. The Labute approximate surface area is 248 Å². The minimum absolute atomic E-state index is 0.0213. The molecule has 0 spiro atoms. The van der Waals surface area contributed by atoms with E-state index in [9.17, 15) is 14.4 Å². The number of rotatable bonds is 9.